The van der Waals surface area contributed by atoms with E-state index in [0.717, 1.165) is 11.6 Å². The van der Waals surface area contributed by atoms with E-state index in [4.69, 9.17) is 0 Å². The number of aryl methyl sites for hydroxylation is 1. The summed E-state index contributed by atoms with van der Waals surface area (Å²) in [6.07, 6.45) is 6.12. The monoisotopic (exact) mass is 165 g/mol. The first-order valence-corrected chi connectivity index (χ1v) is 4.64. The zero-order valence-corrected chi connectivity index (χ0v) is 7.70. The minimum atomic E-state index is 0.527. The van der Waals surface area contributed by atoms with Crippen LogP contribution in [0, 0.1) is 12.8 Å². The summed E-state index contributed by atoms with van der Waals surface area (Å²) in [7, 11) is 0. The van der Waals surface area contributed by atoms with Gasteiger partial charge in [-0.2, -0.15) is 0 Å². The molecular formula is C9H15N3. The van der Waals surface area contributed by atoms with Crippen molar-refractivity contribution in [2.45, 2.75) is 39.2 Å². The molecule has 12 heavy (non-hydrogen) atoms. The van der Waals surface area contributed by atoms with E-state index in [0.29, 0.717) is 6.04 Å². The molecule has 0 aliphatic heterocycles. The third-order valence-electron chi connectivity index (χ3n) is 2.45. The number of hydrogen-bond acceptors (Lipinski definition) is 2. The van der Waals surface area contributed by atoms with Crippen LogP contribution in [-0.4, -0.2) is 15.0 Å². The molecule has 3 nitrogen and oxygen atoms in total. The van der Waals surface area contributed by atoms with Gasteiger partial charge in [0.05, 0.1) is 11.7 Å². The first-order valence-electron chi connectivity index (χ1n) is 4.64. The van der Waals surface area contributed by atoms with Crippen LogP contribution in [0.1, 0.15) is 37.9 Å². The van der Waals surface area contributed by atoms with Gasteiger partial charge in [0.15, 0.2) is 0 Å². The van der Waals surface area contributed by atoms with Crippen LogP contribution in [0.25, 0.3) is 0 Å². The summed E-state index contributed by atoms with van der Waals surface area (Å²) in [5.74, 6) is 0.963. The molecule has 1 aliphatic carbocycles. The lowest BCUT2D eigenvalue weighted by molar-refractivity contribution is 0.426. The molecule has 1 fully saturated rings. The van der Waals surface area contributed by atoms with E-state index < -0.39 is 0 Å². The van der Waals surface area contributed by atoms with Crippen molar-refractivity contribution < 1.29 is 0 Å². The Hall–Kier alpha value is -0.860. The molecule has 2 rings (SSSR count). The standard InChI is InChI=1S/C9H15N3/c1-7-6-12(11-10-7)8(2)5-9-3-4-9/h6,8-9H,3-5H2,1-2H3. The van der Waals surface area contributed by atoms with Crippen molar-refractivity contribution in [1.82, 2.24) is 15.0 Å². The number of aromatic nitrogens is 3. The number of rotatable bonds is 3. The minimum Gasteiger partial charge on any atom is -0.250 e. The topological polar surface area (TPSA) is 30.7 Å². The Labute approximate surface area is 72.8 Å². The number of hydrogen-bond donors (Lipinski definition) is 0. The van der Waals surface area contributed by atoms with Crippen molar-refractivity contribution >= 4 is 0 Å². The fourth-order valence-corrected chi connectivity index (χ4v) is 1.52. The maximum absolute atomic E-state index is 4.06. The van der Waals surface area contributed by atoms with Crippen molar-refractivity contribution in [3.05, 3.63) is 11.9 Å². The lowest BCUT2D eigenvalue weighted by Crippen LogP contribution is -2.06. The van der Waals surface area contributed by atoms with E-state index in [1.807, 2.05) is 17.8 Å². The van der Waals surface area contributed by atoms with Crippen LogP contribution in [0.2, 0.25) is 0 Å². The Morgan fingerprint density at radius 3 is 2.92 bits per heavy atom. The molecule has 0 spiro atoms. The quantitative estimate of drug-likeness (QED) is 0.685. The van der Waals surface area contributed by atoms with E-state index in [2.05, 4.69) is 17.2 Å². The van der Waals surface area contributed by atoms with E-state index in [1.54, 1.807) is 0 Å². The van der Waals surface area contributed by atoms with Gasteiger partial charge < -0.3 is 0 Å². The third-order valence-corrected chi connectivity index (χ3v) is 2.45. The summed E-state index contributed by atoms with van der Waals surface area (Å²) >= 11 is 0. The summed E-state index contributed by atoms with van der Waals surface area (Å²) in [5.41, 5.74) is 1.01. The molecule has 1 aliphatic rings. The van der Waals surface area contributed by atoms with E-state index in [-0.39, 0.29) is 0 Å². The fourth-order valence-electron chi connectivity index (χ4n) is 1.52. The van der Waals surface area contributed by atoms with Gasteiger partial charge in [-0.05, 0) is 26.2 Å². The van der Waals surface area contributed by atoms with E-state index in [1.165, 1.54) is 19.3 Å². The van der Waals surface area contributed by atoms with Crippen LogP contribution in [0.4, 0.5) is 0 Å². The average molecular weight is 165 g/mol. The molecule has 1 aromatic heterocycles. The molecule has 3 heteroatoms. The molecule has 1 atom stereocenters. The summed E-state index contributed by atoms with van der Waals surface area (Å²) in [6.45, 7) is 4.19. The van der Waals surface area contributed by atoms with Gasteiger partial charge in [-0.1, -0.05) is 18.1 Å². The molecule has 0 bridgehead atoms. The SMILES string of the molecule is Cc1cn(C(C)CC2CC2)nn1. The highest BCUT2D eigenvalue weighted by Crippen LogP contribution is 2.36. The highest BCUT2D eigenvalue weighted by molar-refractivity contribution is 4.89. The second kappa shape index (κ2) is 2.88. The van der Waals surface area contributed by atoms with Gasteiger partial charge in [-0.25, -0.2) is 4.68 Å². The smallest absolute Gasteiger partial charge is 0.0796 e. The van der Waals surface area contributed by atoms with Gasteiger partial charge in [0, 0.05) is 6.20 Å². The van der Waals surface area contributed by atoms with Crippen LogP contribution in [0.3, 0.4) is 0 Å². The van der Waals surface area contributed by atoms with Crippen molar-refractivity contribution in [3.63, 3.8) is 0 Å². The lowest BCUT2D eigenvalue weighted by Gasteiger charge is -2.09. The molecule has 0 amide bonds. The Bertz CT molecular complexity index is 262. The van der Waals surface area contributed by atoms with Gasteiger partial charge in [-0.3, -0.25) is 0 Å². The first kappa shape index (κ1) is 7.77. The van der Waals surface area contributed by atoms with Gasteiger partial charge in [-0.15, -0.1) is 5.10 Å². The highest BCUT2D eigenvalue weighted by atomic mass is 15.4. The molecule has 1 saturated carbocycles. The van der Waals surface area contributed by atoms with Gasteiger partial charge in [0.25, 0.3) is 0 Å². The molecule has 0 N–H and O–H groups in total. The molecule has 66 valence electrons. The molecule has 1 unspecified atom stereocenters. The summed E-state index contributed by atoms with van der Waals surface area (Å²) < 4.78 is 1.98. The van der Waals surface area contributed by atoms with Crippen molar-refractivity contribution in [2.75, 3.05) is 0 Å². The fraction of sp³-hybridized carbons (Fsp3) is 0.778. The van der Waals surface area contributed by atoms with E-state index >= 15 is 0 Å². The lowest BCUT2D eigenvalue weighted by atomic mass is 10.2. The van der Waals surface area contributed by atoms with Crippen LogP contribution in [0.15, 0.2) is 6.20 Å². The third kappa shape index (κ3) is 1.65. The molecule has 1 heterocycles. The molecular weight excluding hydrogens is 150 g/mol. The maximum atomic E-state index is 4.06. The molecule has 0 aromatic carbocycles. The Morgan fingerprint density at radius 2 is 2.42 bits per heavy atom. The van der Waals surface area contributed by atoms with E-state index in [9.17, 15) is 0 Å². The van der Waals surface area contributed by atoms with Gasteiger partial charge >= 0.3 is 0 Å². The second-order valence-corrected chi connectivity index (χ2v) is 3.87. The predicted octanol–water partition coefficient (Wildman–Crippen LogP) is 1.95. The molecule has 1 aromatic rings. The summed E-state index contributed by atoms with van der Waals surface area (Å²) in [6, 6.07) is 0.527. The summed E-state index contributed by atoms with van der Waals surface area (Å²) in [5, 5.41) is 8.04. The normalized spacial score (nSPS) is 19.5. The van der Waals surface area contributed by atoms with Gasteiger partial charge in [0.1, 0.15) is 0 Å². The van der Waals surface area contributed by atoms with Crippen molar-refractivity contribution in [2.24, 2.45) is 5.92 Å². The Kier molecular flexibility index (Phi) is 1.87. The zero-order chi connectivity index (χ0) is 8.55. The average Bonchev–Trinajstić information content (AvgIpc) is 2.72. The minimum absolute atomic E-state index is 0.527. The van der Waals surface area contributed by atoms with Crippen LogP contribution < -0.4 is 0 Å². The maximum Gasteiger partial charge on any atom is 0.0796 e. The number of nitrogens with zero attached hydrogens (tertiary/aromatic N) is 3. The zero-order valence-electron chi connectivity index (χ0n) is 7.70. The van der Waals surface area contributed by atoms with Crippen molar-refractivity contribution in [3.8, 4) is 0 Å². The van der Waals surface area contributed by atoms with Crippen LogP contribution in [-0.2, 0) is 0 Å². The summed E-state index contributed by atoms with van der Waals surface area (Å²) in [4.78, 5) is 0. The first-order chi connectivity index (χ1) is 5.75. The second-order valence-electron chi connectivity index (χ2n) is 3.87. The predicted molar refractivity (Wildman–Crippen MR) is 46.8 cm³/mol. The van der Waals surface area contributed by atoms with Crippen LogP contribution in [0.5, 0.6) is 0 Å². The molecule has 0 saturated heterocycles. The highest BCUT2D eigenvalue weighted by Gasteiger charge is 2.24. The molecule has 0 radical (unpaired) electrons. The van der Waals surface area contributed by atoms with Gasteiger partial charge in [0.2, 0.25) is 0 Å². The Balaban J connectivity index is 1.97. The van der Waals surface area contributed by atoms with Crippen LogP contribution >= 0.6 is 0 Å². The largest absolute Gasteiger partial charge is 0.250 e. The Morgan fingerprint density at radius 1 is 1.67 bits per heavy atom. The van der Waals surface area contributed by atoms with Crippen molar-refractivity contribution in [1.29, 1.82) is 0 Å².